The van der Waals surface area contributed by atoms with Crippen LogP contribution in [-0.4, -0.2) is 59.0 Å². The molecule has 0 bridgehead atoms. The monoisotopic (exact) mass is 426 g/mol. The smallest absolute Gasteiger partial charge is 0.408 e. The summed E-state index contributed by atoms with van der Waals surface area (Å²) in [6.07, 6.45) is 1.14. The lowest BCUT2D eigenvalue weighted by Gasteiger charge is -2.32. The first-order chi connectivity index (χ1) is 13.8. The molecule has 9 heteroatoms. The number of primary amides is 1. The third kappa shape index (κ3) is 7.18. The number of nitrogens with zero attached hydrogens (tertiary/aromatic N) is 1. The fraction of sp³-hybridized carbons (Fsp3) is 0.810. The van der Waals surface area contributed by atoms with Crippen LogP contribution < -0.4 is 16.4 Å². The molecule has 9 nitrogen and oxygen atoms in total. The molecule has 30 heavy (non-hydrogen) atoms. The number of alkyl carbamates (subject to hydrolysis) is 1. The van der Waals surface area contributed by atoms with Crippen molar-refractivity contribution < 1.29 is 23.9 Å². The summed E-state index contributed by atoms with van der Waals surface area (Å²) in [5, 5.41) is 5.35. The molecule has 1 aliphatic heterocycles. The van der Waals surface area contributed by atoms with E-state index in [1.165, 1.54) is 4.90 Å². The van der Waals surface area contributed by atoms with Crippen molar-refractivity contribution in [3.8, 4) is 0 Å². The van der Waals surface area contributed by atoms with E-state index in [2.05, 4.69) is 10.6 Å². The zero-order valence-corrected chi connectivity index (χ0v) is 19.3. The summed E-state index contributed by atoms with van der Waals surface area (Å²) < 4.78 is 5.27. The van der Waals surface area contributed by atoms with Crippen molar-refractivity contribution >= 4 is 23.8 Å². The van der Waals surface area contributed by atoms with E-state index >= 15 is 0 Å². The molecule has 1 saturated heterocycles. The molecule has 172 valence electrons. The Hall–Kier alpha value is -2.32. The zero-order chi connectivity index (χ0) is 23.2. The van der Waals surface area contributed by atoms with Crippen LogP contribution in [0.3, 0.4) is 0 Å². The van der Waals surface area contributed by atoms with Crippen molar-refractivity contribution in [2.24, 2.45) is 17.6 Å². The second-order valence-corrected chi connectivity index (χ2v) is 9.33. The van der Waals surface area contributed by atoms with Crippen molar-refractivity contribution in [2.75, 3.05) is 6.54 Å². The number of nitrogens with two attached hydrogens (primary N) is 1. The first kappa shape index (κ1) is 25.7. The molecule has 0 aromatic heterocycles. The van der Waals surface area contributed by atoms with E-state index in [1.807, 2.05) is 27.7 Å². The van der Waals surface area contributed by atoms with Crippen LogP contribution in [0, 0.1) is 11.8 Å². The summed E-state index contributed by atoms with van der Waals surface area (Å²) in [5.74, 6) is -1.65. The van der Waals surface area contributed by atoms with Crippen molar-refractivity contribution in [1.82, 2.24) is 15.5 Å². The predicted molar refractivity (Wildman–Crippen MR) is 113 cm³/mol. The van der Waals surface area contributed by atoms with Gasteiger partial charge in [-0.25, -0.2) is 4.79 Å². The van der Waals surface area contributed by atoms with Crippen LogP contribution in [0.1, 0.15) is 67.7 Å². The SMILES string of the molecule is CC[C@@H](C)[C@@H](NC(=O)[C@@H]1CCCN1C(=O)[C@@H](NC(=O)OC(C)(C)C)C(C)C)C(N)=O. The van der Waals surface area contributed by atoms with Gasteiger partial charge in [0.2, 0.25) is 17.7 Å². The van der Waals surface area contributed by atoms with Crippen LogP contribution in [0.15, 0.2) is 0 Å². The number of likely N-dealkylation sites (tertiary alicyclic amines) is 1. The number of nitrogens with one attached hydrogen (secondary N) is 2. The Morgan fingerprint density at radius 3 is 2.17 bits per heavy atom. The molecule has 0 radical (unpaired) electrons. The van der Waals surface area contributed by atoms with Gasteiger partial charge in [-0.15, -0.1) is 0 Å². The number of carbonyl (C=O) groups is 4. The molecule has 4 N–H and O–H groups in total. The molecule has 1 fully saturated rings. The largest absolute Gasteiger partial charge is 0.444 e. The van der Waals surface area contributed by atoms with Crippen LogP contribution in [0.4, 0.5) is 4.79 Å². The number of ether oxygens (including phenoxy) is 1. The summed E-state index contributed by atoms with van der Waals surface area (Å²) in [5.41, 5.74) is 4.76. The highest BCUT2D eigenvalue weighted by atomic mass is 16.6. The maximum absolute atomic E-state index is 13.2. The highest BCUT2D eigenvalue weighted by Crippen LogP contribution is 2.21. The van der Waals surface area contributed by atoms with E-state index in [1.54, 1.807) is 20.8 Å². The summed E-state index contributed by atoms with van der Waals surface area (Å²) in [6, 6.07) is -2.32. The van der Waals surface area contributed by atoms with Gasteiger partial charge in [0, 0.05) is 6.54 Å². The molecule has 0 saturated carbocycles. The van der Waals surface area contributed by atoms with E-state index in [4.69, 9.17) is 10.5 Å². The molecule has 1 rings (SSSR count). The second-order valence-electron chi connectivity index (χ2n) is 9.33. The maximum Gasteiger partial charge on any atom is 0.408 e. The van der Waals surface area contributed by atoms with Crippen LogP contribution in [-0.2, 0) is 19.1 Å². The van der Waals surface area contributed by atoms with Crippen molar-refractivity contribution in [1.29, 1.82) is 0 Å². The standard InChI is InChI=1S/C21H38N4O5/c1-8-13(4)16(17(22)26)23-18(27)14-10-9-11-25(14)19(28)15(12(2)3)24-20(29)30-21(5,6)7/h12-16H,8-11H2,1-7H3,(H2,22,26)(H,23,27)(H,24,29)/t13-,14+,15+,16-/m1/s1. The highest BCUT2D eigenvalue weighted by molar-refractivity contribution is 5.94. The molecular formula is C21H38N4O5. The normalized spacial score (nSPS) is 19.7. The number of hydrogen-bond acceptors (Lipinski definition) is 5. The molecule has 0 aromatic rings. The Balaban J connectivity index is 2.93. The quantitative estimate of drug-likeness (QED) is 0.542. The Labute approximate surface area is 179 Å². The molecule has 0 aromatic carbocycles. The van der Waals surface area contributed by atoms with Gasteiger partial charge in [0.25, 0.3) is 0 Å². The Kier molecular flexibility index (Phi) is 9.11. The molecule has 0 unspecified atom stereocenters. The third-order valence-corrected chi connectivity index (χ3v) is 5.26. The van der Waals surface area contributed by atoms with Gasteiger partial charge in [0.15, 0.2) is 0 Å². The summed E-state index contributed by atoms with van der Waals surface area (Å²) >= 11 is 0. The minimum atomic E-state index is -0.824. The molecule has 0 spiro atoms. The van der Waals surface area contributed by atoms with Gasteiger partial charge in [-0.3, -0.25) is 14.4 Å². The summed E-state index contributed by atoms with van der Waals surface area (Å²) in [6.45, 7) is 13.0. The van der Waals surface area contributed by atoms with Crippen LogP contribution in [0.25, 0.3) is 0 Å². The molecule has 4 atom stereocenters. The van der Waals surface area contributed by atoms with E-state index < -0.39 is 41.6 Å². The highest BCUT2D eigenvalue weighted by Gasteiger charge is 2.40. The van der Waals surface area contributed by atoms with Gasteiger partial charge in [0.05, 0.1) is 0 Å². The summed E-state index contributed by atoms with van der Waals surface area (Å²) in [4.78, 5) is 51.5. The molecular weight excluding hydrogens is 388 g/mol. The molecule has 0 aliphatic carbocycles. The number of carbonyl (C=O) groups excluding carboxylic acids is 4. The summed E-state index contributed by atoms with van der Waals surface area (Å²) in [7, 11) is 0. The van der Waals surface area contributed by atoms with Gasteiger partial charge in [0.1, 0.15) is 23.7 Å². The lowest BCUT2D eigenvalue weighted by atomic mass is 9.98. The van der Waals surface area contributed by atoms with Gasteiger partial charge < -0.3 is 26.0 Å². The minimum absolute atomic E-state index is 0.116. The van der Waals surface area contributed by atoms with Gasteiger partial charge in [-0.05, 0) is 45.4 Å². The lowest BCUT2D eigenvalue weighted by molar-refractivity contribution is -0.141. The molecule has 1 heterocycles. The first-order valence-electron chi connectivity index (χ1n) is 10.7. The fourth-order valence-corrected chi connectivity index (χ4v) is 3.41. The Morgan fingerprint density at radius 2 is 1.70 bits per heavy atom. The second kappa shape index (κ2) is 10.6. The number of hydrogen-bond donors (Lipinski definition) is 3. The van der Waals surface area contributed by atoms with Crippen molar-refractivity contribution in [3.05, 3.63) is 0 Å². The predicted octanol–water partition coefficient (Wildman–Crippen LogP) is 1.54. The molecule has 4 amide bonds. The topological polar surface area (TPSA) is 131 Å². The van der Waals surface area contributed by atoms with Crippen molar-refractivity contribution in [2.45, 2.75) is 91.5 Å². The third-order valence-electron chi connectivity index (χ3n) is 5.26. The van der Waals surface area contributed by atoms with Crippen LogP contribution >= 0.6 is 0 Å². The van der Waals surface area contributed by atoms with Crippen LogP contribution in [0.2, 0.25) is 0 Å². The van der Waals surface area contributed by atoms with E-state index in [0.717, 1.165) is 0 Å². The van der Waals surface area contributed by atoms with Crippen LogP contribution in [0.5, 0.6) is 0 Å². The zero-order valence-electron chi connectivity index (χ0n) is 19.3. The number of rotatable bonds is 8. The Morgan fingerprint density at radius 1 is 1.10 bits per heavy atom. The lowest BCUT2D eigenvalue weighted by Crippen LogP contribution is -2.58. The van der Waals surface area contributed by atoms with E-state index in [-0.39, 0.29) is 17.7 Å². The number of amides is 4. The average Bonchev–Trinajstić information content (AvgIpc) is 3.10. The molecule has 1 aliphatic rings. The van der Waals surface area contributed by atoms with E-state index in [9.17, 15) is 19.2 Å². The Bertz CT molecular complexity index is 644. The van der Waals surface area contributed by atoms with Gasteiger partial charge in [-0.2, -0.15) is 0 Å². The van der Waals surface area contributed by atoms with E-state index in [0.29, 0.717) is 25.8 Å². The fourth-order valence-electron chi connectivity index (χ4n) is 3.41. The van der Waals surface area contributed by atoms with Crippen molar-refractivity contribution in [3.63, 3.8) is 0 Å². The van der Waals surface area contributed by atoms with Gasteiger partial charge in [-0.1, -0.05) is 34.1 Å². The average molecular weight is 427 g/mol. The minimum Gasteiger partial charge on any atom is -0.444 e. The maximum atomic E-state index is 13.2. The van der Waals surface area contributed by atoms with Gasteiger partial charge >= 0.3 is 6.09 Å². The first-order valence-corrected chi connectivity index (χ1v) is 10.7.